The van der Waals surface area contributed by atoms with Crippen molar-refractivity contribution in [1.82, 2.24) is 14.9 Å². The summed E-state index contributed by atoms with van der Waals surface area (Å²) in [7, 11) is -0.145. The van der Waals surface area contributed by atoms with Gasteiger partial charge in [0.25, 0.3) is 0 Å². The molecule has 2 saturated heterocycles. The molecule has 12 heteroatoms. The SMILES string of the molecule is COc1cc2nc(Nc3ccc(S(C)(=O)=O)cc3)nc(NCC3CC4CCC(C3)N4C(=O)OC(C)(C)C)c2cc1OC. The maximum Gasteiger partial charge on any atom is 0.410 e. The third-order valence-electron chi connectivity index (χ3n) is 7.73. The number of ether oxygens (including phenoxy) is 3. The number of benzene rings is 2. The van der Waals surface area contributed by atoms with Crippen molar-refractivity contribution >= 4 is 44.3 Å². The molecule has 0 spiro atoms. The first kappa shape index (κ1) is 29.7. The summed E-state index contributed by atoms with van der Waals surface area (Å²) in [5.41, 5.74) is 0.785. The first-order valence-electron chi connectivity index (χ1n) is 14.1. The van der Waals surface area contributed by atoms with Gasteiger partial charge in [-0.2, -0.15) is 4.98 Å². The number of carbonyl (C=O) groups is 1. The molecule has 2 N–H and O–H groups in total. The van der Waals surface area contributed by atoms with Crippen LogP contribution in [0, 0.1) is 5.92 Å². The summed E-state index contributed by atoms with van der Waals surface area (Å²) in [5.74, 6) is 2.45. The normalized spacial score (nSPS) is 20.3. The zero-order valence-electron chi connectivity index (χ0n) is 24.9. The van der Waals surface area contributed by atoms with Crippen LogP contribution in [-0.2, 0) is 14.6 Å². The molecule has 2 fully saturated rings. The van der Waals surface area contributed by atoms with Gasteiger partial charge in [-0.25, -0.2) is 18.2 Å². The Kier molecular flexibility index (Phi) is 8.10. The number of nitrogens with zero attached hydrogens (tertiary/aromatic N) is 3. The van der Waals surface area contributed by atoms with E-state index >= 15 is 0 Å². The van der Waals surface area contributed by atoms with Crippen LogP contribution in [0.5, 0.6) is 11.5 Å². The molecule has 0 radical (unpaired) electrons. The van der Waals surface area contributed by atoms with Crippen LogP contribution in [-0.4, -0.2) is 74.1 Å². The highest BCUT2D eigenvalue weighted by atomic mass is 32.2. The van der Waals surface area contributed by atoms with Crippen LogP contribution >= 0.6 is 0 Å². The fourth-order valence-corrected chi connectivity index (χ4v) is 6.50. The van der Waals surface area contributed by atoms with Crippen molar-refractivity contribution in [3.8, 4) is 11.5 Å². The summed E-state index contributed by atoms with van der Waals surface area (Å²) in [6, 6.07) is 10.5. The Bertz CT molecular complexity index is 1560. The predicted octanol–water partition coefficient (Wildman–Crippen LogP) is 5.38. The van der Waals surface area contributed by atoms with Crippen molar-refractivity contribution in [2.45, 2.75) is 69.0 Å². The first-order chi connectivity index (χ1) is 19.8. The second-order valence-corrected chi connectivity index (χ2v) is 14.0. The average molecular weight is 598 g/mol. The minimum absolute atomic E-state index is 0.170. The van der Waals surface area contributed by atoms with Crippen molar-refractivity contribution < 1.29 is 27.4 Å². The number of methoxy groups -OCH3 is 2. The third kappa shape index (κ3) is 6.48. The molecule has 2 aliphatic heterocycles. The number of nitrogens with one attached hydrogen (secondary N) is 2. The number of hydrogen-bond donors (Lipinski definition) is 2. The molecule has 2 bridgehead atoms. The van der Waals surface area contributed by atoms with Gasteiger partial charge in [0.2, 0.25) is 5.95 Å². The van der Waals surface area contributed by atoms with Crippen LogP contribution < -0.4 is 20.1 Å². The Morgan fingerprint density at radius 1 is 1.00 bits per heavy atom. The summed E-state index contributed by atoms with van der Waals surface area (Å²) in [4.78, 5) is 24.6. The number of sulfone groups is 1. The molecule has 0 aliphatic carbocycles. The van der Waals surface area contributed by atoms with Crippen molar-refractivity contribution in [3.05, 3.63) is 36.4 Å². The molecule has 0 saturated carbocycles. The molecule has 5 rings (SSSR count). The molecular weight excluding hydrogens is 558 g/mol. The van der Waals surface area contributed by atoms with Gasteiger partial charge >= 0.3 is 6.09 Å². The maximum absolute atomic E-state index is 12.9. The number of piperidine rings is 1. The summed E-state index contributed by atoms with van der Waals surface area (Å²) in [6.45, 7) is 6.37. The molecule has 3 aromatic rings. The maximum atomic E-state index is 12.9. The third-order valence-corrected chi connectivity index (χ3v) is 8.86. The van der Waals surface area contributed by atoms with E-state index in [-0.39, 0.29) is 23.1 Å². The number of anilines is 3. The van der Waals surface area contributed by atoms with E-state index in [4.69, 9.17) is 24.2 Å². The number of fused-ring (bicyclic) bond motifs is 3. The second kappa shape index (κ2) is 11.5. The van der Waals surface area contributed by atoms with Gasteiger partial charge in [-0.15, -0.1) is 0 Å². The lowest BCUT2D eigenvalue weighted by Crippen LogP contribution is -2.49. The molecule has 2 aliphatic rings. The van der Waals surface area contributed by atoms with E-state index in [9.17, 15) is 13.2 Å². The summed E-state index contributed by atoms with van der Waals surface area (Å²) >= 11 is 0. The number of rotatable bonds is 8. The van der Waals surface area contributed by atoms with E-state index in [2.05, 4.69) is 10.6 Å². The Balaban J connectivity index is 1.38. The van der Waals surface area contributed by atoms with E-state index in [1.807, 2.05) is 31.7 Å². The Hall–Kier alpha value is -3.80. The quantitative estimate of drug-likeness (QED) is 0.349. The molecule has 226 valence electrons. The molecule has 1 aromatic heterocycles. The van der Waals surface area contributed by atoms with E-state index in [0.717, 1.165) is 31.1 Å². The Morgan fingerprint density at radius 3 is 2.19 bits per heavy atom. The summed E-state index contributed by atoms with van der Waals surface area (Å²) in [6.07, 6.45) is 4.71. The van der Waals surface area contributed by atoms with E-state index in [1.165, 1.54) is 6.26 Å². The molecule has 2 unspecified atom stereocenters. The number of hydrogen-bond acceptors (Lipinski definition) is 10. The van der Waals surface area contributed by atoms with Crippen LogP contribution in [0.1, 0.15) is 46.5 Å². The molecule has 42 heavy (non-hydrogen) atoms. The number of carbonyl (C=O) groups excluding carboxylic acids is 1. The molecule has 1 amide bonds. The zero-order chi connectivity index (χ0) is 30.2. The smallest absolute Gasteiger partial charge is 0.410 e. The highest BCUT2D eigenvalue weighted by molar-refractivity contribution is 7.90. The molecular formula is C30H39N5O6S. The lowest BCUT2D eigenvalue weighted by atomic mass is 9.91. The molecule has 11 nitrogen and oxygen atoms in total. The van der Waals surface area contributed by atoms with Gasteiger partial charge < -0.3 is 29.7 Å². The van der Waals surface area contributed by atoms with Crippen LogP contribution in [0.3, 0.4) is 0 Å². The highest BCUT2D eigenvalue weighted by Gasteiger charge is 2.44. The Labute approximate surface area is 246 Å². The zero-order valence-corrected chi connectivity index (χ0v) is 25.7. The van der Waals surface area contributed by atoms with Gasteiger partial charge in [-0.3, -0.25) is 0 Å². The minimum atomic E-state index is -3.30. The fraction of sp³-hybridized carbons (Fsp3) is 0.500. The lowest BCUT2D eigenvalue weighted by molar-refractivity contribution is 0.00283. The van der Waals surface area contributed by atoms with Crippen LogP contribution in [0.4, 0.5) is 22.2 Å². The molecule has 3 heterocycles. The largest absolute Gasteiger partial charge is 0.493 e. The van der Waals surface area contributed by atoms with Crippen molar-refractivity contribution in [3.63, 3.8) is 0 Å². The second-order valence-electron chi connectivity index (χ2n) is 12.0. The van der Waals surface area contributed by atoms with Gasteiger partial charge in [0, 0.05) is 42.0 Å². The highest BCUT2D eigenvalue weighted by Crippen LogP contribution is 2.40. The van der Waals surface area contributed by atoms with Gasteiger partial charge in [-0.1, -0.05) is 0 Å². The average Bonchev–Trinajstić information content (AvgIpc) is 3.20. The summed E-state index contributed by atoms with van der Waals surface area (Å²) < 4.78 is 40.5. The monoisotopic (exact) mass is 597 g/mol. The van der Waals surface area contributed by atoms with Crippen molar-refractivity contribution in [1.29, 1.82) is 0 Å². The van der Waals surface area contributed by atoms with Crippen LogP contribution in [0.25, 0.3) is 10.9 Å². The van der Waals surface area contributed by atoms with Gasteiger partial charge in [0.15, 0.2) is 21.3 Å². The molecule has 2 atom stereocenters. The lowest BCUT2D eigenvalue weighted by Gasteiger charge is -2.39. The number of aromatic nitrogens is 2. The van der Waals surface area contributed by atoms with Crippen molar-refractivity contribution in [2.75, 3.05) is 37.7 Å². The van der Waals surface area contributed by atoms with Gasteiger partial charge in [-0.05, 0) is 82.7 Å². The topological polar surface area (TPSA) is 132 Å². The van der Waals surface area contributed by atoms with Gasteiger partial charge in [0.1, 0.15) is 11.4 Å². The number of amides is 1. The minimum Gasteiger partial charge on any atom is -0.493 e. The van der Waals surface area contributed by atoms with E-state index in [0.29, 0.717) is 46.9 Å². The Morgan fingerprint density at radius 2 is 1.62 bits per heavy atom. The van der Waals surface area contributed by atoms with Crippen molar-refractivity contribution in [2.24, 2.45) is 5.92 Å². The summed E-state index contributed by atoms with van der Waals surface area (Å²) in [5, 5.41) is 7.52. The molecule has 2 aromatic carbocycles. The first-order valence-corrected chi connectivity index (χ1v) is 16.0. The standard InChI is InChI=1S/C30H39N5O6S/c1-30(2,3)41-29(36)35-20-9-10-21(35)14-18(13-20)17-31-27-23-15-25(39-4)26(40-5)16-24(23)33-28(34-27)32-19-7-11-22(12-8-19)42(6,37)38/h7-8,11-12,15-16,18,20-21H,9-10,13-14,17H2,1-6H3,(H2,31,32,33,34). The van der Waals surface area contributed by atoms with E-state index in [1.54, 1.807) is 44.6 Å². The van der Waals surface area contributed by atoms with E-state index < -0.39 is 15.4 Å². The van der Waals surface area contributed by atoms with Crippen LogP contribution in [0.2, 0.25) is 0 Å². The van der Waals surface area contributed by atoms with Gasteiger partial charge in [0.05, 0.1) is 24.6 Å². The fourth-order valence-electron chi connectivity index (χ4n) is 5.87. The van der Waals surface area contributed by atoms with Crippen LogP contribution in [0.15, 0.2) is 41.3 Å². The predicted molar refractivity (Wildman–Crippen MR) is 162 cm³/mol.